The van der Waals surface area contributed by atoms with Gasteiger partial charge in [0.05, 0.1) is 6.54 Å². The third-order valence-corrected chi connectivity index (χ3v) is 4.30. The minimum atomic E-state index is 0.265. The molecule has 0 bridgehead atoms. The summed E-state index contributed by atoms with van der Waals surface area (Å²) in [6.07, 6.45) is 3.40. The van der Waals surface area contributed by atoms with Gasteiger partial charge in [0.25, 0.3) is 0 Å². The van der Waals surface area contributed by atoms with Crippen LogP contribution in [-0.4, -0.2) is 33.9 Å². The highest BCUT2D eigenvalue weighted by Gasteiger charge is 2.43. The molecule has 2 N–H and O–H groups in total. The molecule has 112 valence electrons. The Hall–Kier alpha value is -1.66. The fourth-order valence-electron chi connectivity index (χ4n) is 2.54. The predicted molar refractivity (Wildman–Crippen MR) is 80.8 cm³/mol. The Morgan fingerprint density at radius 3 is 2.90 bits per heavy atom. The lowest BCUT2D eigenvalue weighted by molar-refractivity contribution is 0.165. The highest BCUT2D eigenvalue weighted by molar-refractivity contribution is 6.31. The van der Waals surface area contributed by atoms with Gasteiger partial charge < -0.3 is 10.5 Å². The van der Waals surface area contributed by atoms with Gasteiger partial charge in [0.1, 0.15) is 0 Å². The molecule has 0 amide bonds. The van der Waals surface area contributed by atoms with E-state index in [1.807, 2.05) is 10.7 Å². The van der Waals surface area contributed by atoms with E-state index < -0.39 is 0 Å². The van der Waals surface area contributed by atoms with Crippen LogP contribution in [0.5, 0.6) is 0 Å². The summed E-state index contributed by atoms with van der Waals surface area (Å²) in [6.45, 7) is 1.56. The molecule has 21 heavy (non-hydrogen) atoms. The molecular formula is C14H18ClN5O. The largest absolute Gasteiger partial charge is 0.398 e. The Balaban J connectivity index is 1.84. The van der Waals surface area contributed by atoms with E-state index in [0.29, 0.717) is 16.5 Å². The zero-order valence-corrected chi connectivity index (χ0v) is 12.7. The van der Waals surface area contributed by atoms with E-state index >= 15 is 0 Å². The van der Waals surface area contributed by atoms with Crippen molar-refractivity contribution in [3.05, 3.63) is 23.2 Å². The molecule has 1 aromatic heterocycles. The third-order valence-electron chi connectivity index (χ3n) is 4.07. The van der Waals surface area contributed by atoms with E-state index in [2.05, 4.69) is 15.5 Å². The number of nitrogen functional groups attached to an aromatic ring is 1. The van der Waals surface area contributed by atoms with E-state index in [0.717, 1.165) is 25.1 Å². The van der Waals surface area contributed by atoms with E-state index in [4.69, 9.17) is 22.1 Å². The number of aromatic nitrogens is 4. The number of hydrogen-bond acceptors (Lipinski definition) is 5. The van der Waals surface area contributed by atoms with Gasteiger partial charge in [0.15, 0.2) is 5.82 Å². The van der Waals surface area contributed by atoms with Crippen LogP contribution < -0.4 is 5.73 Å². The first kappa shape index (κ1) is 14.3. The van der Waals surface area contributed by atoms with Gasteiger partial charge in [0.2, 0.25) is 0 Å². The standard InChI is InChI=1S/C14H18ClN5O/c1-21-7-6-14(4-5-14)9-20-13(17-18-19-20)11-3-2-10(15)8-12(11)16/h2-3,8H,4-7,9,16H2,1H3. The molecule has 1 aliphatic rings. The molecular weight excluding hydrogens is 290 g/mol. The summed E-state index contributed by atoms with van der Waals surface area (Å²) in [5.74, 6) is 0.688. The number of benzene rings is 1. The smallest absolute Gasteiger partial charge is 0.184 e. The Kier molecular flexibility index (Phi) is 3.82. The van der Waals surface area contributed by atoms with Gasteiger partial charge >= 0.3 is 0 Å². The quantitative estimate of drug-likeness (QED) is 0.829. The molecule has 0 saturated heterocycles. The second-order valence-electron chi connectivity index (χ2n) is 5.63. The molecule has 1 saturated carbocycles. The number of tetrazole rings is 1. The fourth-order valence-corrected chi connectivity index (χ4v) is 2.72. The summed E-state index contributed by atoms with van der Waals surface area (Å²) in [6, 6.07) is 5.37. The number of ether oxygens (including phenoxy) is 1. The summed E-state index contributed by atoms with van der Waals surface area (Å²) in [7, 11) is 1.73. The fraction of sp³-hybridized carbons (Fsp3) is 0.500. The summed E-state index contributed by atoms with van der Waals surface area (Å²) in [5.41, 5.74) is 7.69. The average Bonchev–Trinajstić information content (AvgIpc) is 3.07. The summed E-state index contributed by atoms with van der Waals surface area (Å²) in [5, 5.41) is 12.6. The van der Waals surface area contributed by atoms with Crippen LogP contribution in [0.3, 0.4) is 0 Å². The molecule has 3 rings (SSSR count). The number of nitrogens with two attached hydrogens (primary N) is 1. The minimum Gasteiger partial charge on any atom is -0.398 e. The lowest BCUT2D eigenvalue weighted by Crippen LogP contribution is -2.16. The van der Waals surface area contributed by atoms with Crippen molar-refractivity contribution in [1.29, 1.82) is 0 Å². The monoisotopic (exact) mass is 307 g/mol. The number of rotatable bonds is 6. The van der Waals surface area contributed by atoms with Crippen LogP contribution in [0.1, 0.15) is 19.3 Å². The molecule has 6 nitrogen and oxygen atoms in total. The van der Waals surface area contributed by atoms with E-state index in [-0.39, 0.29) is 5.41 Å². The molecule has 1 heterocycles. The molecule has 1 aliphatic carbocycles. The Labute approximate surface area is 128 Å². The summed E-state index contributed by atoms with van der Waals surface area (Å²) in [4.78, 5) is 0. The second-order valence-corrected chi connectivity index (χ2v) is 6.07. The van der Waals surface area contributed by atoms with E-state index in [1.54, 1.807) is 19.2 Å². The Bertz CT molecular complexity index is 638. The first-order valence-electron chi connectivity index (χ1n) is 6.94. The molecule has 2 aromatic rings. The molecule has 0 radical (unpaired) electrons. The molecule has 0 unspecified atom stereocenters. The molecule has 0 spiro atoms. The summed E-state index contributed by atoms with van der Waals surface area (Å²) >= 11 is 5.94. The number of nitrogens with zero attached hydrogens (tertiary/aromatic N) is 4. The molecule has 1 aromatic carbocycles. The number of hydrogen-bond donors (Lipinski definition) is 1. The van der Waals surface area contributed by atoms with Crippen molar-refractivity contribution >= 4 is 17.3 Å². The second kappa shape index (κ2) is 5.61. The van der Waals surface area contributed by atoms with Crippen LogP contribution >= 0.6 is 11.6 Å². The van der Waals surface area contributed by atoms with Gasteiger partial charge in [-0.2, -0.15) is 0 Å². The SMILES string of the molecule is COCCC1(Cn2nnnc2-c2ccc(Cl)cc2N)CC1. The maximum absolute atomic E-state index is 6.03. The zero-order valence-electron chi connectivity index (χ0n) is 11.9. The normalized spacial score (nSPS) is 16.1. The van der Waals surface area contributed by atoms with Gasteiger partial charge in [-0.25, -0.2) is 4.68 Å². The van der Waals surface area contributed by atoms with Crippen molar-refractivity contribution in [3.63, 3.8) is 0 Å². The molecule has 0 aliphatic heterocycles. The van der Waals surface area contributed by atoms with Crippen molar-refractivity contribution in [3.8, 4) is 11.4 Å². The van der Waals surface area contributed by atoms with Crippen molar-refractivity contribution < 1.29 is 4.74 Å². The topological polar surface area (TPSA) is 78.8 Å². The maximum Gasteiger partial charge on any atom is 0.184 e. The third kappa shape index (κ3) is 3.01. The van der Waals surface area contributed by atoms with E-state index in [1.165, 1.54) is 12.8 Å². The number of anilines is 1. The van der Waals surface area contributed by atoms with Crippen molar-refractivity contribution in [2.75, 3.05) is 19.5 Å². The van der Waals surface area contributed by atoms with Gasteiger partial charge in [0, 0.05) is 30.0 Å². The van der Waals surface area contributed by atoms with Crippen LogP contribution in [0.25, 0.3) is 11.4 Å². The average molecular weight is 308 g/mol. The van der Waals surface area contributed by atoms with Gasteiger partial charge in [-0.15, -0.1) is 5.10 Å². The highest BCUT2D eigenvalue weighted by atomic mass is 35.5. The first-order valence-corrected chi connectivity index (χ1v) is 7.32. The Morgan fingerprint density at radius 1 is 1.43 bits per heavy atom. The lowest BCUT2D eigenvalue weighted by Gasteiger charge is -2.15. The van der Waals surface area contributed by atoms with Crippen molar-refractivity contribution in [2.45, 2.75) is 25.8 Å². The Morgan fingerprint density at radius 2 is 2.24 bits per heavy atom. The van der Waals surface area contributed by atoms with Crippen molar-refractivity contribution in [1.82, 2.24) is 20.2 Å². The summed E-state index contributed by atoms with van der Waals surface area (Å²) < 4.78 is 7.02. The van der Waals surface area contributed by atoms with Crippen molar-refractivity contribution in [2.24, 2.45) is 5.41 Å². The van der Waals surface area contributed by atoms with Crippen LogP contribution in [0.4, 0.5) is 5.69 Å². The maximum atomic E-state index is 6.03. The minimum absolute atomic E-state index is 0.265. The predicted octanol–water partition coefficient (Wildman–Crippen LogP) is 2.39. The van der Waals surface area contributed by atoms with Crippen LogP contribution in [0.2, 0.25) is 5.02 Å². The van der Waals surface area contributed by atoms with Crippen LogP contribution in [0.15, 0.2) is 18.2 Å². The highest BCUT2D eigenvalue weighted by Crippen LogP contribution is 2.50. The first-order chi connectivity index (χ1) is 10.1. The van der Waals surface area contributed by atoms with Gasteiger partial charge in [-0.1, -0.05) is 11.6 Å². The molecule has 0 atom stereocenters. The molecule has 1 fully saturated rings. The van der Waals surface area contributed by atoms with Crippen LogP contribution in [0, 0.1) is 5.41 Å². The van der Waals surface area contributed by atoms with Gasteiger partial charge in [-0.3, -0.25) is 0 Å². The van der Waals surface area contributed by atoms with Gasteiger partial charge in [-0.05, 0) is 53.3 Å². The zero-order chi connectivity index (χ0) is 14.9. The molecule has 7 heteroatoms. The number of halogens is 1. The lowest BCUT2D eigenvalue weighted by atomic mass is 10.0. The van der Waals surface area contributed by atoms with E-state index in [9.17, 15) is 0 Å². The number of methoxy groups -OCH3 is 1. The van der Waals surface area contributed by atoms with Crippen LogP contribution in [-0.2, 0) is 11.3 Å².